The lowest BCUT2D eigenvalue weighted by molar-refractivity contribution is -0.151. The third kappa shape index (κ3) is 41.1. The molecule has 0 saturated carbocycles. The van der Waals surface area contributed by atoms with Crippen molar-refractivity contribution in [2.24, 2.45) is 0 Å². The number of rotatable bonds is 46. The minimum atomic E-state index is -0.783. The minimum Gasteiger partial charge on any atom is -0.462 e. The van der Waals surface area contributed by atoms with Gasteiger partial charge >= 0.3 is 5.97 Å². The normalized spacial score (nSPS) is 13.4. The molecule has 3 N–H and O–H groups in total. The van der Waals surface area contributed by atoms with Crippen LogP contribution in [-0.4, -0.2) is 46.9 Å². The highest BCUT2D eigenvalue weighted by Gasteiger charge is 2.24. The molecule has 0 aliphatic carbocycles. The molecular formula is C52H99NO5. The first-order valence-electron chi connectivity index (χ1n) is 25.6. The molecule has 0 radical (unpaired) electrons. The molecule has 0 aliphatic heterocycles. The topological polar surface area (TPSA) is 95.9 Å². The van der Waals surface area contributed by atoms with Crippen LogP contribution in [0.5, 0.6) is 0 Å². The number of carbonyl (C=O) groups is 2. The van der Waals surface area contributed by atoms with Crippen LogP contribution in [0.2, 0.25) is 0 Å². The predicted octanol–water partition coefficient (Wildman–Crippen LogP) is 15.1. The summed E-state index contributed by atoms with van der Waals surface area (Å²) in [7, 11) is 0. The monoisotopic (exact) mass is 818 g/mol. The van der Waals surface area contributed by atoms with Crippen molar-refractivity contribution in [3.8, 4) is 0 Å². The van der Waals surface area contributed by atoms with Gasteiger partial charge < -0.3 is 20.3 Å². The van der Waals surface area contributed by atoms with Crippen molar-refractivity contribution in [1.82, 2.24) is 5.32 Å². The summed E-state index contributed by atoms with van der Waals surface area (Å²) >= 11 is 0. The van der Waals surface area contributed by atoms with E-state index in [1.165, 1.54) is 167 Å². The molecule has 0 aromatic carbocycles. The van der Waals surface area contributed by atoms with Gasteiger partial charge in [-0.15, -0.1) is 0 Å². The number of aliphatic hydroxyl groups is 2. The molecule has 0 fully saturated rings. The molecule has 3 unspecified atom stereocenters. The summed E-state index contributed by atoms with van der Waals surface area (Å²) in [6, 6.07) is -0.697. The average Bonchev–Trinajstić information content (AvgIpc) is 3.22. The number of aliphatic hydroxyl groups excluding tert-OH is 2. The molecule has 0 bridgehead atoms. The summed E-state index contributed by atoms with van der Waals surface area (Å²) in [6.07, 6.45) is 52.3. The first-order valence-corrected chi connectivity index (χ1v) is 25.6. The SMILES string of the molecule is CCCCC/C=C\C/C=C\CCCCCCCCCC(=O)OC(CCCCCCCCCCCCC)CC(=O)NC(CO)C(O)CCCCCCCCCCCCC. The van der Waals surface area contributed by atoms with Crippen LogP contribution in [0.4, 0.5) is 0 Å². The number of hydrogen-bond acceptors (Lipinski definition) is 5. The van der Waals surface area contributed by atoms with Crippen molar-refractivity contribution in [1.29, 1.82) is 0 Å². The van der Waals surface area contributed by atoms with Crippen LogP contribution in [0.1, 0.15) is 271 Å². The van der Waals surface area contributed by atoms with Crippen molar-refractivity contribution in [2.45, 2.75) is 289 Å². The molecule has 6 heteroatoms. The standard InChI is InChI=1S/C52H99NO5/c1-4-7-10-13-16-19-22-23-24-25-26-27-30-33-36-39-42-45-52(57)58-48(43-40-37-34-31-28-20-17-14-11-8-5-2)46-51(56)53-49(47-54)50(55)44-41-38-35-32-29-21-18-15-12-9-6-3/h16,19,23-24,48-50,54-55H,4-15,17-18,20-22,25-47H2,1-3H3,(H,53,56)/b19-16-,24-23-. The second-order valence-electron chi connectivity index (χ2n) is 17.6. The molecule has 0 aromatic heterocycles. The van der Waals surface area contributed by atoms with Gasteiger partial charge in [-0.25, -0.2) is 0 Å². The Kier molecular flexibility index (Phi) is 45.1. The van der Waals surface area contributed by atoms with Gasteiger partial charge in [0.2, 0.25) is 5.91 Å². The Morgan fingerprint density at radius 1 is 0.500 bits per heavy atom. The van der Waals surface area contributed by atoms with E-state index in [0.29, 0.717) is 19.3 Å². The molecular weight excluding hydrogens is 719 g/mol. The Morgan fingerprint density at radius 2 is 0.879 bits per heavy atom. The third-order valence-electron chi connectivity index (χ3n) is 11.8. The quantitative estimate of drug-likeness (QED) is 0.0323. The molecule has 0 heterocycles. The van der Waals surface area contributed by atoms with Gasteiger partial charge in [0, 0.05) is 6.42 Å². The smallest absolute Gasteiger partial charge is 0.306 e. The lowest BCUT2D eigenvalue weighted by Crippen LogP contribution is -2.46. The van der Waals surface area contributed by atoms with E-state index in [2.05, 4.69) is 50.4 Å². The second-order valence-corrected chi connectivity index (χ2v) is 17.6. The summed E-state index contributed by atoms with van der Waals surface area (Å²) in [4.78, 5) is 26.1. The summed E-state index contributed by atoms with van der Waals surface area (Å²) < 4.78 is 5.93. The Morgan fingerprint density at radius 3 is 1.34 bits per heavy atom. The van der Waals surface area contributed by atoms with Crippen molar-refractivity contribution >= 4 is 11.9 Å². The Balaban J connectivity index is 4.51. The second kappa shape index (κ2) is 46.4. The molecule has 58 heavy (non-hydrogen) atoms. The van der Waals surface area contributed by atoms with Gasteiger partial charge in [-0.05, 0) is 57.8 Å². The van der Waals surface area contributed by atoms with Gasteiger partial charge in [-0.2, -0.15) is 0 Å². The molecule has 1 amide bonds. The van der Waals surface area contributed by atoms with Crippen molar-refractivity contribution in [2.75, 3.05) is 6.61 Å². The highest BCUT2D eigenvalue weighted by atomic mass is 16.5. The fourth-order valence-corrected chi connectivity index (χ4v) is 7.87. The van der Waals surface area contributed by atoms with Crippen LogP contribution < -0.4 is 5.32 Å². The number of esters is 1. The molecule has 0 aliphatic rings. The number of amides is 1. The highest BCUT2D eigenvalue weighted by Crippen LogP contribution is 2.18. The zero-order chi connectivity index (χ0) is 42.4. The highest BCUT2D eigenvalue weighted by molar-refractivity contribution is 5.77. The lowest BCUT2D eigenvalue weighted by Gasteiger charge is -2.24. The van der Waals surface area contributed by atoms with Crippen LogP contribution in [0.25, 0.3) is 0 Å². The zero-order valence-corrected chi connectivity index (χ0v) is 38.9. The Hall–Kier alpha value is -1.66. The summed E-state index contributed by atoms with van der Waals surface area (Å²) in [5.41, 5.74) is 0. The number of nitrogens with one attached hydrogen (secondary N) is 1. The van der Waals surface area contributed by atoms with Gasteiger partial charge in [0.15, 0.2) is 0 Å². The number of unbranched alkanes of at least 4 members (excludes halogenated alkanes) is 30. The molecule has 3 atom stereocenters. The summed E-state index contributed by atoms with van der Waals surface area (Å²) in [5.74, 6) is -0.471. The number of hydrogen-bond donors (Lipinski definition) is 3. The number of allylic oxidation sites excluding steroid dienone is 4. The Labute approximate surface area is 361 Å². The maximum absolute atomic E-state index is 13.2. The van der Waals surface area contributed by atoms with Gasteiger partial charge in [-0.3, -0.25) is 9.59 Å². The molecule has 0 rings (SSSR count). The predicted molar refractivity (Wildman–Crippen MR) is 250 cm³/mol. The van der Waals surface area contributed by atoms with E-state index in [-0.39, 0.29) is 24.9 Å². The minimum absolute atomic E-state index is 0.0795. The van der Waals surface area contributed by atoms with Gasteiger partial charge in [0.25, 0.3) is 0 Å². The first-order chi connectivity index (χ1) is 28.5. The van der Waals surface area contributed by atoms with E-state index in [0.717, 1.165) is 57.8 Å². The van der Waals surface area contributed by atoms with E-state index >= 15 is 0 Å². The fraction of sp³-hybridized carbons (Fsp3) is 0.885. The molecule has 0 aromatic rings. The van der Waals surface area contributed by atoms with Crippen LogP contribution >= 0.6 is 0 Å². The van der Waals surface area contributed by atoms with Gasteiger partial charge in [0.1, 0.15) is 6.10 Å². The average molecular weight is 818 g/mol. The lowest BCUT2D eigenvalue weighted by atomic mass is 10.0. The van der Waals surface area contributed by atoms with Crippen LogP contribution in [0.3, 0.4) is 0 Å². The van der Waals surface area contributed by atoms with Crippen molar-refractivity contribution < 1.29 is 24.5 Å². The van der Waals surface area contributed by atoms with E-state index < -0.39 is 18.2 Å². The largest absolute Gasteiger partial charge is 0.462 e. The number of carbonyl (C=O) groups excluding carboxylic acids is 2. The molecule has 6 nitrogen and oxygen atoms in total. The Bertz CT molecular complexity index is 919. The van der Waals surface area contributed by atoms with Crippen molar-refractivity contribution in [3.63, 3.8) is 0 Å². The maximum atomic E-state index is 13.2. The van der Waals surface area contributed by atoms with Crippen molar-refractivity contribution in [3.05, 3.63) is 24.3 Å². The van der Waals surface area contributed by atoms with E-state index in [4.69, 9.17) is 4.74 Å². The number of ether oxygens (including phenoxy) is 1. The molecule has 342 valence electrons. The third-order valence-corrected chi connectivity index (χ3v) is 11.8. The maximum Gasteiger partial charge on any atom is 0.306 e. The van der Waals surface area contributed by atoms with Gasteiger partial charge in [0.05, 0.1) is 25.2 Å². The van der Waals surface area contributed by atoms with E-state index in [9.17, 15) is 19.8 Å². The van der Waals surface area contributed by atoms with E-state index in [1.807, 2.05) is 0 Å². The zero-order valence-electron chi connectivity index (χ0n) is 38.9. The van der Waals surface area contributed by atoms with Gasteiger partial charge in [-0.1, -0.05) is 225 Å². The fourth-order valence-electron chi connectivity index (χ4n) is 7.87. The van der Waals surface area contributed by atoms with Crippen LogP contribution in [0.15, 0.2) is 24.3 Å². The first kappa shape index (κ1) is 56.3. The molecule has 0 spiro atoms. The summed E-state index contributed by atoms with van der Waals surface area (Å²) in [6.45, 7) is 6.46. The van der Waals surface area contributed by atoms with Crippen LogP contribution in [0, 0.1) is 0 Å². The molecule has 0 saturated heterocycles. The summed E-state index contributed by atoms with van der Waals surface area (Å²) in [5, 5.41) is 23.7. The van der Waals surface area contributed by atoms with E-state index in [1.54, 1.807) is 0 Å². The van der Waals surface area contributed by atoms with Crippen LogP contribution in [-0.2, 0) is 14.3 Å².